The second kappa shape index (κ2) is 11.1. The molecule has 1 fully saturated rings. The predicted molar refractivity (Wildman–Crippen MR) is 142 cm³/mol. The van der Waals surface area contributed by atoms with Gasteiger partial charge in [0, 0.05) is 56.2 Å². The van der Waals surface area contributed by atoms with Crippen LogP contribution >= 0.6 is 0 Å². The molecule has 2 heterocycles. The van der Waals surface area contributed by atoms with E-state index in [9.17, 15) is 24.6 Å². The zero-order valence-corrected chi connectivity index (χ0v) is 21.0. The third-order valence-electron chi connectivity index (χ3n) is 7.04. The molecule has 0 spiro atoms. The van der Waals surface area contributed by atoms with Crippen LogP contribution in [0.1, 0.15) is 30.9 Å². The van der Waals surface area contributed by atoms with Crippen molar-refractivity contribution in [2.75, 3.05) is 36.0 Å². The van der Waals surface area contributed by atoms with Crippen molar-refractivity contribution in [1.29, 1.82) is 0 Å². The first-order chi connectivity index (χ1) is 17.8. The Morgan fingerprint density at radius 1 is 1.22 bits per heavy atom. The summed E-state index contributed by atoms with van der Waals surface area (Å²) in [5.74, 6) is -1.28. The lowest BCUT2D eigenvalue weighted by Crippen LogP contribution is -2.45. The van der Waals surface area contributed by atoms with E-state index in [1.807, 2.05) is 30.3 Å². The first kappa shape index (κ1) is 26.3. The third-order valence-corrected chi connectivity index (χ3v) is 7.04. The number of aliphatic hydroxyl groups is 2. The summed E-state index contributed by atoms with van der Waals surface area (Å²) in [4.78, 5) is 43.0. The van der Waals surface area contributed by atoms with Crippen LogP contribution in [-0.2, 0) is 26.5 Å². The Balaban J connectivity index is 1.53. The molecule has 2 aliphatic heterocycles. The maximum atomic E-state index is 13.4. The average Bonchev–Trinajstić information content (AvgIpc) is 3.10. The van der Waals surface area contributed by atoms with Crippen molar-refractivity contribution in [2.45, 2.75) is 31.9 Å². The van der Waals surface area contributed by atoms with Gasteiger partial charge in [0.05, 0.1) is 12.3 Å². The second-order valence-corrected chi connectivity index (χ2v) is 9.41. The molecule has 2 aliphatic rings. The van der Waals surface area contributed by atoms with Gasteiger partial charge in [0.25, 0.3) is 5.91 Å². The molecule has 0 radical (unpaired) electrons. The molecule has 0 saturated carbocycles. The molecular weight excluding hydrogens is 470 g/mol. The number of carbonyl (C=O) groups excluding carboxylic acids is 3. The molecule has 0 aliphatic carbocycles. The first-order valence-corrected chi connectivity index (χ1v) is 12.5. The number of carbonyl (C=O) groups is 3. The number of hydrogen-bond donors (Lipinski definition) is 2. The molecule has 2 aromatic rings. The first-order valence-electron chi connectivity index (χ1n) is 12.5. The van der Waals surface area contributed by atoms with Gasteiger partial charge in [-0.25, -0.2) is 0 Å². The van der Waals surface area contributed by atoms with E-state index in [4.69, 9.17) is 0 Å². The highest BCUT2D eigenvalue weighted by Gasteiger charge is 2.52. The summed E-state index contributed by atoms with van der Waals surface area (Å²) >= 11 is 0. The number of amides is 3. The van der Waals surface area contributed by atoms with Crippen LogP contribution in [0.25, 0.3) is 0 Å². The minimum absolute atomic E-state index is 0.00477. The summed E-state index contributed by atoms with van der Waals surface area (Å²) in [6.45, 7) is 6.75. The van der Waals surface area contributed by atoms with Crippen LogP contribution in [0.2, 0.25) is 0 Å². The van der Waals surface area contributed by atoms with Gasteiger partial charge in [0.1, 0.15) is 0 Å². The number of fused-ring (bicyclic) bond motifs is 1. The van der Waals surface area contributed by atoms with E-state index in [0.29, 0.717) is 36.4 Å². The molecule has 2 N–H and O–H groups in total. The number of benzene rings is 2. The molecule has 0 aromatic heterocycles. The normalized spacial score (nSPS) is 19.6. The molecule has 3 amide bonds. The highest BCUT2D eigenvalue weighted by Crippen LogP contribution is 2.47. The number of rotatable bonds is 11. The van der Waals surface area contributed by atoms with E-state index in [1.54, 1.807) is 53.2 Å². The predicted octanol–water partition coefficient (Wildman–Crippen LogP) is 2.75. The monoisotopic (exact) mass is 503 g/mol. The molecule has 8 heteroatoms. The summed E-state index contributed by atoms with van der Waals surface area (Å²) in [5, 5.41) is 21.2. The molecule has 2 atom stereocenters. The largest absolute Gasteiger partial charge is 0.395 e. The van der Waals surface area contributed by atoms with Crippen LogP contribution in [0.15, 0.2) is 73.3 Å². The highest BCUT2D eigenvalue weighted by molar-refractivity contribution is 6.08. The fraction of sp³-hybridized carbons (Fsp3) is 0.345. The second-order valence-electron chi connectivity index (χ2n) is 9.41. The summed E-state index contributed by atoms with van der Waals surface area (Å²) in [6, 6.07) is 14.8. The molecule has 37 heavy (non-hydrogen) atoms. The van der Waals surface area contributed by atoms with Crippen molar-refractivity contribution in [3.8, 4) is 0 Å². The minimum atomic E-state index is -1.85. The van der Waals surface area contributed by atoms with Crippen molar-refractivity contribution < 1.29 is 24.6 Å². The van der Waals surface area contributed by atoms with Crippen molar-refractivity contribution in [3.05, 3.63) is 84.5 Å². The van der Waals surface area contributed by atoms with Crippen molar-refractivity contribution in [1.82, 2.24) is 4.90 Å². The molecule has 1 saturated heterocycles. The van der Waals surface area contributed by atoms with E-state index < -0.39 is 17.4 Å². The summed E-state index contributed by atoms with van der Waals surface area (Å²) < 4.78 is 0. The number of β-lactam (4-membered cyclic amide) rings is 1. The SMILES string of the molecule is C=CCN1C(=O)[C@](O)([C@H](C)/C=C/CC(=O)N(CCO)Cc2ccccc2)c2cc(N3CCC3=O)ccc21. The molecule has 2 aromatic carbocycles. The Labute approximate surface area is 217 Å². The minimum Gasteiger partial charge on any atom is -0.395 e. The van der Waals surface area contributed by atoms with E-state index in [2.05, 4.69) is 6.58 Å². The van der Waals surface area contributed by atoms with Gasteiger partial charge in [0.15, 0.2) is 5.60 Å². The number of aliphatic hydroxyl groups excluding tert-OH is 1. The average molecular weight is 504 g/mol. The lowest BCUT2D eigenvalue weighted by Gasteiger charge is -2.32. The quantitative estimate of drug-likeness (QED) is 0.363. The van der Waals surface area contributed by atoms with Gasteiger partial charge < -0.3 is 24.9 Å². The van der Waals surface area contributed by atoms with Crippen LogP contribution in [0.3, 0.4) is 0 Å². The zero-order chi connectivity index (χ0) is 26.6. The van der Waals surface area contributed by atoms with Crippen molar-refractivity contribution in [3.63, 3.8) is 0 Å². The Bertz CT molecular complexity index is 1210. The Morgan fingerprint density at radius 2 is 1.97 bits per heavy atom. The Hall–Kier alpha value is -3.75. The van der Waals surface area contributed by atoms with Gasteiger partial charge in [-0.05, 0) is 23.8 Å². The molecule has 8 nitrogen and oxygen atoms in total. The Morgan fingerprint density at radius 3 is 2.59 bits per heavy atom. The molecular formula is C29H33N3O5. The van der Waals surface area contributed by atoms with Gasteiger partial charge in [-0.1, -0.05) is 55.5 Å². The van der Waals surface area contributed by atoms with Gasteiger partial charge in [0.2, 0.25) is 11.8 Å². The number of nitrogens with zero attached hydrogens (tertiary/aromatic N) is 3. The summed E-state index contributed by atoms with van der Waals surface area (Å²) in [5.41, 5.74) is 0.774. The van der Waals surface area contributed by atoms with Crippen molar-refractivity contribution in [2.24, 2.45) is 5.92 Å². The van der Waals surface area contributed by atoms with Crippen molar-refractivity contribution >= 4 is 29.1 Å². The molecule has 0 unspecified atom stereocenters. The van der Waals surface area contributed by atoms with E-state index in [-0.39, 0.29) is 37.9 Å². The fourth-order valence-electron chi connectivity index (χ4n) is 4.86. The van der Waals surface area contributed by atoms with Crippen LogP contribution in [0.5, 0.6) is 0 Å². The highest BCUT2D eigenvalue weighted by atomic mass is 16.3. The van der Waals surface area contributed by atoms with Gasteiger partial charge in [-0.15, -0.1) is 6.58 Å². The Kier molecular flexibility index (Phi) is 7.90. The lowest BCUT2D eigenvalue weighted by molar-refractivity contribution is -0.139. The van der Waals surface area contributed by atoms with Gasteiger partial charge in [-0.3, -0.25) is 14.4 Å². The van der Waals surface area contributed by atoms with Crippen LogP contribution in [0.4, 0.5) is 11.4 Å². The summed E-state index contributed by atoms with van der Waals surface area (Å²) in [6.07, 6.45) is 5.48. The van der Waals surface area contributed by atoms with Gasteiger partial charge in [-0.2, -0.15) is 0 Å². The molecule has 0 bridgehead atoms. The standard InChI is InChI=1S/C29H33N3O5/c1-3-15-32-25-13-12-23(31-16-14-27(31)35)19-24(25)29(37,28(32)36)21(2)8-7-11-26(34)30(17-18-33)20-22-9-5-4-6-10-22/h3-10,12-13,19,21,33,37H,1,11,14-18,20H2,2H3/b8-7+/t21-,29+/m1/s1. The molecule has 194 valence electrons. The number of anilines is 2. The van der Waals surface area contributed by atoms with Crippen LogP contribution < -0.4 is 9.80 Å². The van der Waals surface area contributed by atoms with Gasteiger partial charge >= 0.3 is 0 Å². The smallest absolute Gasteiger partial charge is 0.264 e. The summed E-state index contributed by atoms with van der Waals surface area (Å²) in [7, 11) is 0. The van der Waals surface area contributed by atoms with E-state index >= 15 is 0 Å². The van der Waals surface area contributed by atoms with E-state index in [1.165, 1.54) is 4.90 Å². The van der Waals surface area contributed by atoms with Crippen LogP contribution in [0, 0.1) is 5.92 Å². The third kappa shape index (κ3) is 5.08. The van der Waals surface area contributed by atoms with Crippen LogP contribution in [-0.4, -0.2) is 59.1 Å². The topological polar surface area (TPSA) is 101 Å². The lowest BCUT2D eigenvalue weighted by atomic mass is 9.82. The number of hydrogen-bond acceptors (Lipinski definition) is 5. The molecule has 4 rings (SSSR count). The maximum Gasteiger partial charge on any atom is 0.264 e. The van der Waals surface area contributed by atoms with E-state index in [0.717, 1.165) is 5.56 Å². The zero-order valence-electron chi connectivity index (χ0n) is 21.0. The maximum absolute atomic E-state index is 13.4. The fourth-order valence-corrected chi connectivity index (χ4v) is 4.86.